The molecule has 0 bridgehead atoms. The van der Waals surface area contributed by atoms with Gasteiger partial charge >= 0.3 is 0 Å². The van der Waals surface area contributed by atoms with Crippen LogP contribution in [0.4, 0.5) is 0 Å². The van der Waals surface area contributed by atoms with E-state index in [0.29, 0.717) is 24.9 Å². The second-order valence-corrected chi connectivity index (χ2v) is 6.52. The van der Waals surface area contributed by atoms with Gasteiger partial charge in [-0.2, -0.15) is 0 Å². The fraction of sp³-hybridized carbons (Fsp3) is 0.882. The largest absolute Gasteiger partial charge is 0.357 e. The highest BCUT2D eigenvalue weighted by Gasteiger charge is 2.15. The normalized spacial score (nSPS) is 15.9. The van der Waals surface area contributed by atoms with E-state index in [0.717, 1.165) is 38.3 Å². The molecule has 0 aromatic carbocycles. The number of carbonyl (C=O) groups excluding carboxylic acids is 1. The summed E-state index contributed by atoms with van der Waals surface area (Å²) >= 11 is 0. The second-order valence-electron chi connectivity index (χ2n) is 6.52. The highest BCUT2D eigenvalue weighted by Crippen LogP contribution is 2.17. The van der Waals surface area contributed by atoms with Gasteiger partial charge in [0.05, 0.1) is 0 Å². The van der Waals surface area contributed by atoms with Gasteiger partial charge in [-0.25, -0.2) is 0 Å². The number of rotatable bonds is 8. The lowest BCUT2D eigenvalue weighted by Gasteiger charge is -2.22. The van der Waals surface area contributed by atoms with Crippen LogP contribution in [-0.4, -0.2) is 37.5 Å². The first-order valence-corrected chi connectivity index (χ1v) is 8.93. The van der Waals surface area contributed by atoms with Gasteiger partial charge in [0.15, 0.2) is 5.96 Å². The molecule has 0 aliphatic heterocycles. The molecule has 5 nitrogen and oxygen atoms in total. The summed E-state index contributed by atoms with van der Waals surface area (Å²) in [5.41, 5.74) is 0. The van der Waals surface area contributed by atoms with E-state index in [9.17, 15) is 4.79 Å². The predicted molar refractivity (Wildman–Crippen MR) is 108 cm³/mol. The Kier molecular flexibility index (Phi) is 13.5. The topological polar surface area (TPSA) is 65.5 Å². The van der Waals surface area contributed by atoms with E-state index in [-0.39, 0.29) is 29.9 Å². The van der Waals surface area contributed by atoms with Gasteiger partial charge in [0.2, 0.25) is 5.91 Å². The smallest absolute Gasteiger partial charge is 0.221 e. The Hall–Kier alpha value is -0.530. The first-order chi connectivity index (χ1) is 10.6. The molecule has 0 aromatic rings. The van der Waals surface area contributed by atoms with Crippen LogP contribution in [0.3, 0.4) is 0 Å². The summed E-state index contributed by atoms with van der Waals surface area (Å²) in [7, 11) is 0. The molecule has 1 rings (SSSR count). The van der Waals surface area contributed by atoms with Crippen molar-refractivity contribution in [3.8, 4) is 0 Å². The molecule has 23 heavy (non-hydrogen) atoms. The third kappa shape index (κ3) is 11.6. The molecule has 1 saturated carbocycles. The summed E-state index contributed by atoms with van der Waals surface area (Å²) in [5, 5.41) is 9.60. The third-order valence-corrected chi connectivity index (χ3v) is 3.94. The summed E-state index contributed by atoms with van der Waals surface area (Å²) in [5.74, 6) is 1.62. The summed E-state index contributed by atoms with van der Waals surface area (Å²) in [6.45, 7) is 8.74. The van der Waals surface area contributed by atoms with E-state index in [4.69, 9.17) is 0 Å². The number of nitrogens with zero attached hydrogens (tertiary/aromatic N) is 1. The van der Waals surface area contributed by atoms with E-state index in [1.165, 1.54) is 19.3 Å². The van der Waals surface area contributed by atoms with Crippen molar-refractivity contribution in [3.63, 3.8) is 0 Å². The number of aliphatic imine (C=N–C) groups is 1. The molecule has 136 valence electrons. The molecule has 3 N–H and O–H groups in total. The van der Waals surface area contributed by atoms with Gasteiger partial charge in [-0.1, -0.05) is 33.1 Å². The number of hydrogen-bond donors (Lipinski definition) is 3. The molecule has 0 radical (unpaired) electrons. The van der Waals surface area contributed by atoms with Crippen LogP contribution in [0.15, 0.2) is 4.99 Å². The van der Waals surface area contributed by atoms with Crippen molar-refractivity contribution in [3.05, 3.63) is 0 Å². The average molecular weight is 438 g/mol. The third-order valence-electron chi connectivity index (χ3n) is 3.94. The average Bonchev–Trinajstić information content (AvgIpc) is 2.48. The van der Waals surface area contributed by atoms with Gasteiger partial charge in [0.1, 0.15) is 0 Å². The Morgan fingerprint density at radius 3 is 2.48 bits per heavy atom. The quantitative estimate of drug-likeness (QED) is 0.310. The van der Waals surface area contributed by atoms with E-state index in [1.807, 2.05) is 0 Å². The van der Waals surface area contributed by atoms with Crippen LogP contribution in [-0.2, 0) is 4.79 Å². The van der Waals surface area contributed by atoms with Gasteiger partial charge in [0.25, 0.3) is 0 Å². The first kappa shape index (κ1) is 22.5. The van der Waals surface area contributed by atoms with Crippen molar-refractivity contribution in [1.82, 2.24) is 16.0 Å². The Bertz CT molecular complexity index is 341. The zero-order chi connectivity index (χ0) is 16.2. The highest BCUT2D eigenvalue weighted by molar-refractivity contribution is 14.0. The molecule has 0 saturated heterocycles. The van der Waals surface area contributed by atoms with Crippen LogP contribution < -0.4 is 16.0 Å². The van der Waals surface area contributed by atoms with Gasteiger partial charge < -0.3 is 16.0 Å². The lowest BCUT2D eigenvalue weighted by Crippen LogP contribution is -2.41. The van der Waals surface area contributed by atoms with Crippen LogP contribution in [0, 0.1) is 5.92 Å². The van der Waals surface area contributed by atoms with Gasteiger partial charge in [-0.3, -0.25) is 9.79 Å². The minimum atomic E-state index is 0. The maximum absolute atomic E-state index is 11.9. The number of nitrogens with one attached hydrogen (secondary N) is 3. The predicted octanol–water partition coefficient (Wildman–Crippen LogP) is 3.04. The number of guanidine groups is 1. The van der Waals surface area contributed by atoms with Gasteiger partial charge in [-0.05, 0) is 32.1 Å². The number of halogens is 1. The maximum Gasteiger partial charge on any atom is 0.221 e. The van der Waals surface area contributed by atoms with Crippen LogP contribution >= 0.6 is 24.0 Å². The lowest BCUT2D eigenvalue weighted by molar-refractivity contribution is -0.121. The van der Waals surface area contributed by atoms with Crippen molar-refractivity contribution in [2.75, 3.05) is 19.6 Å². The Morgan fingerprint density at radius 2 is 1.87 bits per heavy atom. The summed E-state index contributed by atoms with van der Waals surface area (Å²) in [4.78, 5) is 16.5. The van der Waals surface area contributed by atoms with Crippen LogP contribution in [0.2, 0.25) is 0 Å². The highest BCUT2D eigenvalue weighted by atomic mass is 127. The van der Waals surface area contributed by atoms with Gasteiger partial charge in [0, 0.05) is 32.1 Å². The Balaban J connectivity index is 0.00000484. The minimum absolute atomic E-state index is 0. The zero-order valence-electron chi connectivity index (χ0n) is 15.0. The summed E-state index contributed by atoms with van der Waals surface area (Å²) in [6.07, 6.45) is 7.67. The Labute approximate surface area is 158 Å². The SMILES string of the molecule is CCNC(=NCCC(C)C)NCCC(=O)NC1CCCCC1.I. The molecule has 1 fully saturated rings. The van der Waals surface area contributed by atoms with Crippen LogP contribution in [0.25, 0.3) is 0 Å². The summed E-state index contributed by atoms with van der Waals surface area (Å²) in [6, 6.07) is 0.397. The first-order valence-electron chi connectivity index (χ1n) is 8.93. The summed E-state index contributed by atoms with van der Waals surface area (Å²) < 4.78 is 0. The molecule has 0 aromatic heterocycles. The van der Waals surface area contributed by atoms with Crippen molar-refractivity contribution in [2.24, 2.45) is 10.9 Å². The van der Waals surface area contributed by atoms with E-state index < -0.39 is 0 Å². The minimum Gasteiger partial charge on any atom is -0.357 e. The zero-order valence-corrected chi connectivity index (χ0v) is 17.3. The number of hydrogen-bond acceptors (Lipinski definition) is 2. The number of carbonyl (C=O) groups is 1. The second kappa shape index (κ2) is 13.9. The van der Waals surface area contributed by atoms with E-state index in [1.54, 1.807) is 0 Å². The van der Waals surface area contributed by atoms with Crippen molar-refractivity contribution >= 4 is 35.8 Å². The Morgan fingerprint density at radius 1 is 1.17 bits per heavy atom. The molecular weight excluding hydrogens is 403 g/mol. The van der Waals surface area contributed by atoms with E-state index in [2.05, 4.69) is 41.7 Å². The van der Waals surface area contributed by atoms with Crippen LogP contribution in [0.5, 0.6) is 0 Å². The van der Waals surface area contributed by atoms with Crippen molar-refractivity contribution in [1.29, 1.82) is 0 Å². The number of amides is 1. The fourth-order valence-electron chi connectivity index (χ4n) is 2.62. The lowest BCUT2D eigenvalue weighted by atomic mass is 9.95. The van der Waals surface area contributed by atoms with E-state index >= 15 is 0 Å². The molecule has 6 heteroatoms. The monoisotopic (exact) mass is 438 g/mol. The molecule has 0 heterocycles. The molecule has 1 aliphatic carbocycles. The van der Waals surface area contributed by atoms with Crippen molar-refractivity contribution in [2.45, 2.75) is 71.8 Å². The van der Waals surface area contributed by atoms with Crippen LogP contribution in [0.1, 0.15) is 65.7 Å². The molecule has 1 aliphatic rings. The molecule has 0 atom stereocenters. The maximum atomic E-state index is 11.9. The standard InChI is InChI=1S/C17H34N4O.HI/c1-4-18-17(19-12-10-14(2)3)20-13-11-16(22)21-15-8-6-5-7-9-15;/h14-15H,4-13H2,1-3H3,(H,21,22)(H2,18,19,20);1H. The van der Waals surface area contributed by atoms with Gasteiger partial charge in [-0.15, -0.1) is 24.0 Å². The fourth-order valence-corrected chi connectivity index (χ4v) is 2.62. The molecule has 0 spiro atoms. The molecule has 1 amide bonds. The molecular formula is C17H35IN4O. The van der Waals surface area contributed by atoms with Crippen molar-refractivity contribution < 1.29 is 4.79 Å². The molecule has 0 unspecified atom stereocenters.